The molecular weight excluding hydrogens is 582 g/mol. The van der Waals surface area contributed by atoms with Crippen LogP contribution >= 0.6 is 0 Å². The van der Waals surface area contributed by atoms with Gasteiger partial charge in [0, 0.05) is 0 Å². The van der Waals surface area contributed by atoms with Crippen LogP contribution in [0.1, 0.15) is 20.7 Å². The lowest BCUT2D eigenvalue weighted by Gasteiger charge is -2.10. The Bertz CT molecular complexity index is 1510. The molecule has 0 aliphatic rings. The van der Waals surface area contributed by atoms with Gasteiger partial charge in [0.1, 0.15) is 34.1 Å². The number of esters is 2. The Morgan fingerprint density at radius 2 is 0.585 bits per heavy atom. The van der Waals surface area contributed by atoms with Gasteiger partial charge in [0.05, 0.1) is 0 Å². The first kappa shape index (κ1) is 28.9. The fraction of sp³-hybridized carbons (Fsp3) is 0. The molecule has 0 amide bonds. The summed E-state index contributed by atoms with van der Waals surface area (Å²) in [4.78, 5) is 24.0. The maximum absolute atomic E-state index is 13.8. The SMILES string of the molecule is O=C(Oc1ccc(Oc2ccc(OC(=O)c3c(F)c(F)c(F)c(F)c3F)cc2)cc1)c1c(F)c(F)c(F)c(F)c1F. The predicted octanol–water partition coefficient (Wildman–Crippen LogP) is 7.31. The van der Waals surface area contributed by atoms with Crippen molar-refractivity contribution in [3.8, 4) is 23.0 Å². The van der Waals surface area contributed by atoms with Crippen LogP contribution in [0.25, 0.3) is 0 Å². The molecule has 4 rings (SSSR count). The molecule has 0 heterocycles. The van der Waals surface area contributed by atoms with Gasteiger partial charge in [0.15, 0.2) is 46.5 Å². The molecule has 0 aliphatic heterocycles. The van der Waals surface area contributed by atoms with Gasteiger partial charge in [-0.25, -0.2) is 53.5 Å². The molecule has 4 aromatic carbocycles. The molecule has 41 heavy (non-hydrogen) atoms. The maximum Gasteiger partial charge on any atom is 0.349 e. The minimum atomic E-state index is -2.45. The Hall–Kier alpha value is -5.08. The summed E-state index contributed by atoms with van der Waals surface area (Å²) in [5, 5.41) is 0. The van der Waals surface area contributed by atoms with E-state index < -0.39 is 81.2 Å². The van der Waals surface area contributed by atoms with E-state index in [1.54, 1.807) is 0 Å². The van der Waals surface area contributed by atoms with Crippen LogP contribution in [0.3, 0.4) is 0 Å². The third-order valence-electron chi connectivity index (χ3n) is 5.13. The predicted molar refractivity (Wildman–Crippen MR) is 115 cm³/mol. The standard InChI is InChI=1S/C26H8F10O5/c27-15-13(16(28)20(32)23(35)19(15)31)25(37)40-11-5-1-9(2-6-11)39-10-3-7-12(8-4-10)41-26(38)14-17(29)21(33)24(36)22(34)18(14)30/h1-8H. The summed E-state index contributed by atoms with van der Waals surface area (Å²) in [7, 11) is 0. The van der Waals surface area contributed by atoms with Crippen molar-refractivity contribution >= 4 is 11.9 Å². The summed E-state index contributed by atoms with van der Waals surface area (Å²) in [6.07, 6.45) is 0. The van der Waals surface area contributed by atoms with Crippen LogP contribution < -0.4 is 14.2 Å². The van der Waals surface area contributed by atoms with E-state index in [4.69, 9.17) is 4.74 Å². The summed E-state index contributed by atoms with van der Waals surface area (Å²) in [5.41, 5.74) is -3.61. The van der Waals surface area contributed by atoms with Gasteiger partial charge in [-0.1, -0.05) is 0 Å². The minimum Gasteiger partial charge on any atom is -0.457 e. The largest absolute Gasteiger partial charge is 0.457 e. The van der Waals surface area contributed by atoms with Crippen molar-refractivity contribution in [2.24, 2.45) is 0 Å². The molecule has 0 unspecified atom stereocenters. The highest BCUT2D eigenvalue weighted by Gasteiger charge is 2.32. The highest BCUT2D eigenvalue weighted by Crippen LogP contribution is 2.29. The van der Waals surface area contributed by atoms with E-state index in [9.17, 15) is 53.5 Å². The Balaban J connectivity index is 1.42. The molecule has 0 spiro atoms. The fourth-order valence-corrected chi connectivity index (χ4v) is 3.17. The molecular formula is C26H8F10O5. The molecule has 212 valence electrons. The van der Waals surface area contributed by atoms with Crippen LogP contribution in [0, 0.1) is 58.2 Å². The quantitative estimate of drug-likeness (QED) is 0.0776. The molecule has 15 heteroatoms. The second-order valence-corrected chi connectivity index (χ2v) is 7.71. The molecule has 0 radical (unpaired) electrons. The minimum absolute atomic E-state index is 0.0483. The summed E-state index contributed by atoms with van der Waals surface area (Å²) in [6.45, 7) is 0. The third kappa shape index (κ3) is 5.50. The highest BCUT2D eigenvalue weighted by atomic mass is 19.2. The van der Waals surface area contributed by atoms with Gasteiger partial charge in [0.25, 0.3) is 0 Å². The lowest BCUT2D eigenvalue weighted by Crippen LogP contribution is -2.17. The van der Waals surface area contributed by atoms with E-state index >= 15 is 0 Å². The number of hydrogen-bond donors (Lipinski definition) is 0. The molecule has 0 saturated carbocycles. The summed E-state index contributed by atoms with van der Waals surface area (Å²) in [5.74, 6) is -28.2. The van der Waals surface area contributed by atoms with Crippen LogP contribution in [-0.2, 0) is 0 Å². The second kappa shape index (κ2) is 11.2. The maximum atomic E-state index is 13.8. The van der Waals surface area contributed by atoms with Crippen molar-refractivity contribution in [3.63, 3.8) is 0 Å². The van der Waals surface area contributed by atoms with Crippen molar-refractivity contribution in [1.29, 1.82) is 0 Å². The van der Waals surface area contributed by atoms with Crippen LogP contribution in [0.4, 0.5) is 43.9 Å². The van der Waals surface area contributed by atoms with E-state index in [0.717, 1.165) is 48.5 Å². The zero-order chi connectivity index (χ0) is 30.2. The Kier molecular flexibility index (Phi) is 7.89. The lowest BCUT2D eigenvalue weighted by atomic mass is 10.1. The molecule has 0 fully saturated rings. The Labute approximate surface area is 221 Å². The molecule has 4 aromatic rings. The summed E-state index contributed by atoms with van der Waals surface area (Å²) in [6, 6.07) is 8.82. The van der Waals surface area contributed by atoms with Gasteiger partial charge in [-0.05, 0) is 48.5 Å². The van der Waals surface area contributed by atoms with Crippen molar-refractivity contribution < 1.29 is 67.7 Å². The molecule has 0 aliphatic carbocycles. The highest BCUT2D eigenvalue weighted by molar-refractivity contribution is 5.92. The number of carbonyl (C=O) groups excluding carboxylic acids is 2. The zero-order valence-electron chi connectivity index (χ0n) is 19.4. The second-order valence-electron chi connectivity index (χ2n) is 7.71. The normalized spacial score (nSPS) is 10.9. The van der Waals surface area contributed by atoms with Gasteiger partial charge in [-0.2, -0.15) is 0 Å². The number of hydrogen-bond acceptors (Lipinski definition) is 5. The lowest BCUT2D eigenvalue weighted by molar-refractivity contribution is 0.0710. The molecule has 0 saturated heterocycles. The summed E-state index contributed by atoms with van der Waals surface area (Å²) >= 11 is 0. The first-order valence-electron chi connectivity index (χ1n) is 10.7. The number of halogens is 10. The number of carbonyl (C=O) groups is 2. The zero-order valence-corrected chi connectivity index (χ0v) is 19.4. The fourth-order valence-electron chi connectivity index (χ4n) is 3.17. The van der Waals surface area contributed by atoms with Crippen LogP contribution in [0.2, 0.25) is 0 Å². The Morgan fingerprint density at radius 3 is 0.854 bits per heavy atom. The number of rotatable bonds is 6. The topological polar surface area (TPSA) is 61.8 Å². The third-order valence-corrected chi connectivity index (χ3v) is 5.13. The first-order valence-corrected chi connectivity index (χ1v) is 10.7. The van der Waals surface area contributed by atoms with E-state index in [0.29, 0.717) is 0 Å². The molecule has 5 nitrogen and oxygen atoms in total. The van der Waals surface area contributed by atoms with Gasteiger partial charge in [0.2, 0.25) is 11.6 Å². The first-order chi connectivity index (χ1) is 19.3. The van der Waals surface area contributed by atoms with Crippen molar-refractivity contribution in [1.82, 2.24) is 0 Å². The van der Waals surface area contributed by atoms with E-state index in [-0.39, 0.29) is 23.0 Å². The number of ether oxygens (including phenoxy) is 3. The smallest absolute Gasteiger partial charge is 0.349 e. The summed E-state index contributed by atoms with van der Waals surface area (Å²) < 4.78 is 149. The van der Waals surface area contributed by atoms with Gasteiger partial charge in [-0.15, -0.1) is 0 Å². The van der Waals surface area contributed by atoms with Crippen molar-refractivity contribution in [2.45, 2.75) is 0 Å². The van der Waals surface area contributed by atoms with Gasteiger partial charge in [-0.3, -0.25) is 0 Å². The Morgan fingerprint density at radius 1 is 0.366 bits per heavy atom. The molecule has 0 aromatic heterocycles. The monoisotopic (exact) mass is 590 g/mol. The molecule has 0 bridgehead atoms. The van der Waals surface area contributed by atoms with Crippen LogP contribution in [0.5, 0.6) is 23.0 Å². The van der Waals surface area contributed by atoms with Gasteiger partial charge < -0.3 is 14.2 Å². The van der Waals surface area contributed by atoms with Crippen molar-refractivity contribution in [3.05, 3.63) is 118 Å². The van der Waals surface area contributed by atoms with E-state index in [1.165, 1.54) is 0 Å². The molecule has 0 atom stereocenters. The van der Waals surface area contributed by atoms with E-state index in [2.05, 4.69) is 9.47 Å². The van der Waals surface area contributed by atoms with Crippen LogP contribution in [0.15, 0.2) is 48.5 Å². The molecule has 0 N–H and O–H groups in total. The van der Waals surface area contributed by atoms with E-state index in [1.807, 2.05) is 0 Å². The van der Waals surface area contributed by atoms with Crippen molar-refractivity contribution in [2.75, 3.05) is 0 Å². The average molecular weight is 590 g/mol. The average Bonchev–Trinajstić information content (AvgIpc) is 2.95. The van der Waals surface area contributed by atoms with Crippen LogP contribution in [-0.4, -0.2) is 11.9 Å². The number of benzene rings is 4. The van der Waals surface area contributed by atoms with Gasteiger partial charge >= 0.3 is 11.9 Å².